The number of carbonyl (C=O) groups excluding carboxylic acids is 2. The number of hydrogen-bond acceptors (Lipinski definition) is 5. The Hall–Kier alpha value is -2.44. The molecule has 0 aromatic heterocycles. The molecule has 1 aliphatic rings. The number of imide groups is 1. The highest BCUT2D eigenvalue weighted by Gasteiger charge is 2.34. The van der Waals surface area contributed by atoms with E-state index in [4.69, 9.17) is 15.9 Å². The average molecular weight is 505 g/mol. The first kappa shape index (κ1) is 20.3. The van der Waals surface area contributed by atoms with Crippen molar-refractivity contribution in [1.82, 2.24) is 4.90 Å². The molecule has 142 valence electrons. The van der Waals surface area contributed by atoms with Gasteiger partial charge in [-0.15, -0.1) is 6.42 Å². The fourth-order valence-corrected chi connectivity index (χ4v) is 3.71. The maximum absolute atomic E-state index is 12.3. The predicted molar refractivity (Wildman–Crippen MR) is 118 cm³/mol. The van der Waals surface area contributed by atoms with Crippen LogP contribution in [0, 0.1) is 15.9 Å². The lowest BCUT2D eigenvalue weighted by atomic mass is 10.1. The summed E-state index contributed by atoms with van der Waals surface area (Å²) < 4.78 is 12.4. The van der Waals surface area contributed by atoms with E-state index in [2.05, 4.69) is 28.5 Å². The van der Waals surface area contributed by atoms with Crippen molar-refractivity contribution in [3.8, 4) is 23.8 Å². The van der Waals surface area contributed by atoms with Crippen LogP contribution >= 0.6 is 34.4 Å². The molecule has 0 N–H and O–H groups in total. The summed E-state index contributed by atoms with van der Waals surface area (Å²) in [6, 6.07) is 13.4. The van der Waals surface area contributed by atoms with Crippen LogP contribution in [0.4, 0.5) is 4.79 Å². The summed E-state index contributed by atoms with van der Waals surface area (Å²) in [7, 11) is 1.55. The molecule has 0 bridgehead atoms. The first-order valence-electron chi connectivity index (χ1n) is 8.26. The van der Waals surface area contributed by atoms with Crippen molar-refractivity contribution >= 4 is 51.6 Å². The lowest BCUT2D eigenvalue weighted by molar-refractivity contribution is -0.122. The normalized spacial score (nSPS) is 15.0. The lowest BCUT2D eigenvalue weighted by Gasteiger charge is -2.12. The summed E-state index contributed by atoms with van der Waals surface area (Å²) in [5.41, 5.74) is 1.78. The minimum absolute atomic E-state index is 0.0311. The van der Waals surface area contributed by atoms with E-state index < -0.39 is 0 Å². The molecule has 0 atom stereocenters. The minimum atomic E-state index is -0.383. The van der Waals surface area contributed by atoms with Crippen LogP contribution < -0.4 is 9.47 Å². The van der Waals surface area contributed by atoms with Crippen molar-refractivity contribution in [2.24, 2.45) is 0 Å². The van der Waals surface area contributed by atoms with Gasteiger partial charge in [-0.1, -0.05) is 24.1 Å². The van der Waals surface area contributed by atoms with Crippen LogP contribution in [-0.2, 0) is 11.4 Å². The monoisotopic (exact) mass is 505 g/mol. The van der Waals surface area contributed by atoms with Crippen molar-refractivity contribution in [1.29, 1.82) is 0 Å². The second-order valence-electron chi connectivity index (χ2n) is 5.80. The number of carbonyl (C=O) groups is 2. The molecular formula is C21H16INO4S. The molecule has 5 nitrogen and oxygen atoms in total. The smallest absolute Gasteiger partial charge is 0.294 e. The fraction of sp³-hybridized carbons (Fsp3) is 0.143. The van der Waals surface area contributed by atoms with E-state index in [1.807, 2.05) is 24.3 Å². The standard InChI is InChI=1S/C21H16INO4S/c1-3-10-23-20(24)19(28-21(23)25)12-15-6-9-17(18(11-15)26-2)27-13-14-4-7-16(22)8-5-14/h1,4-9,11-12H,10,13H2,2H3/b19-12+. The molecule has 0 spiro atoms. The zero-order valence-electron chi connectivity index (χ0n) is 15.0. The number of hydrogen-bond donors (Lipinski definition) is 0. The molecule has 28 heavy (non-hydrogen) atoms. The highest BCUT2D eigenvalue weighted by atomic mass is 127. The summed E-state index contributed by atoms with van der Waals surface area (Å²) in [6.45, 7) is 0.383. The van der Waals surface area contributed by atoms with Gasteiger partial charge >= 0.3 is 0 Å². The quantitative estimate of drug-likeness (QED) is 0.328. The van der Waals surface area contributed by atoms with Gasteiger partial charge in [0.15, 0.2) is 11.5 Å². The molecule has 2 aromatic carbocycles. The second-order valence-corrected chi connectivity index (χ2v) is 8.04. The van der Waals surface area contributed by atoms with Crippen molar-refractivity contribution in [2.75, 3.05) is 13.7 Å². The average Bonchev–Trinajstić information content (AvgIpc) is 2.96. The van der Waals surface area contributed by atoms with Gasteiger partial charge in [-0.05, 0) is 75.8 Å². The summed E-state index contributed by atoms with van der Waals surface area (Å²) >= 11 is 3.13. The Morgan fingerprint density at radius 2 is 1.93 bits per heavy atom. The highest BCUT2D eigenvalue weighted by molar-refractivity contribution is 14.1. The molecule has 1 aliphatic heterocycles. The van der Waals surface area contributed by atoms with Gasteiger partial charge in [0.2, 0.25) is 0 Å². The van der Waals surface area contributed by atoms with Crippen molar-refractivity contribution in [2.45, 2.75) is 6.61 Å². The van der Waals surface area contributed by atoms with Crippen LogP contribution in [0.1, 0.15) is 11.1 Å². The largest absolute Gasteiger partial charge is 0.493 e. The zero-order valence-corrected chi connectivity index (χ0v) is 18.0. The number of ether oxygens (including phenoxy) is 2. The third-order valence-corrected chi connectivity index (χ3v) is 5.54. The third kappa shape index (κ3) is 4.69. The molecule has 1 fully saturated rings. The third-order valence-electron chi connectivity index (χ3n) is 3.92. The molecule has 7 heteroatoms. The fourth-order valence-electron chi connectivity index (χ4n) is 2.51. The molecular weight excluding hydrogens is 489 g/mol. The Kier molecular flexibility index (Phi) is 6.65. The highest BCUT2D eigenvalue weighted by Crippen LogP contribution is 2.34. The van der Waals surface area contributed by atoms with Gasteiger partial charge in [-0.2, -0.15) is 0 Å². The minimum Gasteiger partial charge on any atom is -0.493 e. The van der Waals surface area contributed by atoms with Crippen LogP contribution in [0.15, 0.2) is 47.4 Å². The van der Waals surface area contributed by atoms with E-state index >= 15 is 0 Å². The van der Waals surface area contributed by atoms with E-state index in [1.54, 1.807) is 31.4 Å². The van der Waals surface area contributed by atoms with Gasteiger partial charge in [-0.3, -0.25) is 14.5 Å². The molecule has 2 amide bonds. The van der Waals surface area contributed by atoms with Crippen LogP contribution in [0.2, 0.25) is 0 Å². The zero-order chi connectivity index (χ0) is 20.1. The molecule has 3 rings (SSSR count). The topological polar surface area (TPSA) is 55.8 Å². The van der Waals surface area contributed by atoms with Crippen LogP contribution in [0.3, 0.4) is 0 Å². The summed E-state index contributed by atoms with van der Waals surface area (Å²) in [5, 5.41) is -0.362. The van der Waals surface area contributed by atoms with Gasteiger partial charge < -0.3 is 9.47 Å². The number of rotatable bonds is 6. The van der Waals surface area contributed by atoms with Crippen molar-refractivity contribution < 1.29 is 19.1 Å². The summed E-state index contributed by atoms with van der Waals surface area (Å²) in [6.07, 6.45) is 6.85. The summed E-state index contributed by atoms with van der Waals surface area (Å²) in [4.78, 5) is 25.5. The molecule has 2 aromatic rings. The number of halogens is 1. The molecule has 1 saturated heterocycles. The molecule has 0 radical (unpaired) electrons. The Morgan fingerprint density at radius 3 is 2.61 bits per heavy atom. The van der Waals surface area contributed by atoms with Gasteiger partial charge in [0, 0.05) is 3.57 Å². The van der Waals surface area contributed by atoms with Crippen LogP contribution in [0.25, 0.3) is 6.08 Å². The SMILES string of the molecule is C#CCN1C(=O)S/C(=C/c2ccc(OCc3ccc(I)cc3)c(OC)c2)C1=O. The second kappa shape index (κ2) is 9.17. The molecule has 0 saturated carbocycles. The van der Waals surface area contributed by atoms with Gasteiger partial charge in [-0.25, -0.2) is 0 Å². The number of thioether (sulfide) groups is 1. The molecule has 0 aliphatic carbocycles. The van der Waals surface area contributed by atoms with E-state index in [1.165, 1.54) is 0 Å². The Bertz CT molecular complexity index is 979. The summed E-state index contributed by atoms with van der Waals surface area (Å²) in [5.74, 6) is 3.07. The van der Waals surface area contributed by atoms with E-state index in [9.17, 15) is 9.59 Å². The number of benzene rings is 2. The lowest BCUT2D eigenvalue weighted by Crippen LogP contribution is -2.28. The van der Waals surface area contributed by atoms with Gasteiger partial charge in [0.1, 0.15) is 6.61 Å². The number of nitrogens with zero attached hydrogens (tertiary/aromatic N) is 1. The number of amides is 2. The maximum atomic E-state index is 12.3. The first-order chi connectivity index (χ1) is 13.5. The first-order valence-corrected chi connectivity index (χ1v) is 10.2. The van der Waals surface area contributed by atoms with Gasteiger partial charge in [0.25, 0.3) is 11.1 Å². The van der Waals surface area contributed by atoms with Crippen LogP contribution in [-0.4, -0.2) is 29.7 Å². The Morgan fingerprint density at radius 1 is 1.18 bits per heavy atom. The van der Waals surface area contributed by atoms with Crippen LogP contribution in [0.5, 0.6) is 11.5 Å². The Labute approximate surface area is 181 Å². The maximum Gasteiger partial charge on any atom is 0.294 e. The predicted octanol–water partition coefficient (Wildman–Crippen LogP) is 4.55. The van der Waals surface area contributed by atoms with Crippen molar-refractivity contribution in [3.05, 3.63) is 62.1 Å². The van der Waals surface area contributed by atoms with E-state index in [0.717, 1.165) is 31.4 Å². The van der Waals surface area contributed by atoms with E-state index in [-0.39, 0.29) is 17.7 Å². The molecule has 1 heterocycles. The van der Waals surface area contributed by atoms with Crippen molar-refractivity contribution in [3.63, 3.8) is 0 Å². The Balaban J connectivity index is 1.76. The molecule has 0 unspecified atom stereocenters. The number of methoxy groups -OCH3 is 1. The number of terminal acetylenes is 1. The van der Waals surface area contributed by atoms with E-state index in [0.29, 0.717) is 23.0 Å². The van der Waals surface area contributed by atoms with Gasteiger partial charge in [0.05, 0.1) is 18.6 Å².